The molecule has 0 atom stereocenters. The Balaban J connectivity index is 0.000000240. The van der Waals surface area contributed by atoms with E-state index >= 15 is 0 Å². The van der Waals surface area contributed by atoms with Crippen molar-refractivity contribution >= 4 is 38.6 Å². The second-order valence-electron chi connectivity index (χ2n) is 11.6. The molecule has 6 rings (SSSR count). The van der Waals surface area contributed by atoms with Crippen LogP contribution in [0, 0.1) is 0 Å². The second kappa shape index (κ2) is 17.4. The molecule has 2 aromatic carbocycles. The Hall–Kier alpha value is -3.49. The topological polar surface area (TPSA) is 51.6 Å². The SMILES string of the molecule is CC(C)(c1ccccn1)[Si](c1ccccc1)c1ccccn1.CC(C)(c1ccccn1)[Si](c1ccccc1)c1ccccn1.[Cu].[Cu]. The molecule has 240 valence electrons. The van der Waals surface area contributed by atoms with Crippen LogP contribution in [0.1, 0.15) is 39.1 Å². The molecule has 0 fully saturated rings. The maximum atomic E-state index is 4.66. The third-order valence-corrected chi connectivity index (χ3v) is 14.3. The van der Waals surface area contributed by atoms with Crippen molar-refractivity contribution < 1.29 is 34.1 Å². The number of pyridine rings is 4. The minimum atomic E-state index is -1.10. The zero-order valence-electron chi connectivity index (χ0n) is 26.4. The van der Waals surface area contributed by atoms with Crippen LogP contribution in [-0.4, -0.2) is 37.5 Å². The Morgan fingerprint density at radius 3 is 0.957 bits per heavy atom. The average molecular weight is 734 g/mol. The molecule has 4 aromatic heterocycles. The molecule has 0 amide bonds. The first-order valence-corrected chi connectivity index (χ1v) is 17.9. The second-order valence-corrected chi connectivity index (χ2v) is 17.8. The van der Waals surface area contributed by atoms with Gasteiger partial charge in [0.05, 0.1) is 0 Å². The molecule has 0 N–H and O–H groups in total. The van der Waals surface area contributed by atoms with Gasteiger partial charge in [-0.1, -0.05) is 123 Å². The molecule has 4 nitrogen and oxygen atoms in total. The van der Waals surface area contributed by atoms with Crippen molar-refractivity contribution in [3.8, 4) is 0 Å². The van der Waals surface area contributed by atoms with Gasteiger partial charge in [-0.3, -0.25) is 19.9 Å². The largest absolute Gasteiger partial charge is 0.266 e. The summed E-state index contributed by atoms with van der Waals surface area (Å²) in [7, 11) is -2.20. The normalized spacial score (nSPS) is 11.1. The molecule has 0 aliphatic rings. The quantitative estimate of drug-likeness (QED) is 0.202. The summed E-state index contributed by atoms with van der Waals surface area (Å²) in [5.74, 6) is 0. The Morgan fingerprint density at radius 1 is 0.370 bits per heavy atom. The third-order valence-electron chi connectivity index (χ3n) is 7.83. The van der Waals surface area contributed by atoms with Crippen LogP contribution in [0.5, 0.6) is 0 Å². The summed E-state index contributed by atoms with van der Waals surface area (Å²) in [6, 6.07) is 46.1. The van der Waals surface area contributed by atoms with E-state index in [2.05, 4.69) is 157 Å². The van der Waals surface area contributed by atoms with Crippen molar-refractivity contribution in [2.45, 2.75) is 37.8 Å². The summed E-state index contributed by atoms with van der Waals surface area (Å²) in [5, 5.41) is 4.97. The van der Waals surface area contributed by atoms with Gasteiger partial charge < -0.3 is 0 Å². The smallest absolute Gasteiger partial charge is 0.157 e. The number of nitrogens with zero attached hydrogens (tertiary/aromatic N) is 4. The predicted molar refractivity (Wildman–Crippen MR) is 186 cm³/mol. The minimum absolute atomic E-state index is 0. The standard InChI is InChI=1S/2C19H19N2Si.2Cu/c2*1-19(2,17-12-6-8-14-20-17)22(16-10-4-3-5-11-16)18-13-7-9-15-21-18;;/h2*3-15H,1-2H3;;. The molecule has 0 bridgehead atoms. The van der Waals surface area contributed by atoms with Crippen molar-refractivity contribution in [1.29, 1.82) is 0 Å². The van der Waals surface area contributed by atoms with E-state index in [1.165, 1.54) is 21.0 Å². The number of benzene rings is 2. The molecule has 0 saturated heterocycles. The fourth-order valence-corrected chi connectivity index (χ4v) is 11.7. The van der Waals surface area contributed by atoms with Crippen molar-refractivity contribution in [1.82, 2.24) is 19.9 Å². The summed E-state index contributed by atoms with van der Waals surface area (Å²) in [5.41, 5.74) is 2.25. The van der Waals surface area contributed by atoms with Gasteiger partial charge in [0.15, 0.2) is 17.6 Å². The molecular weight excluding hydrogens is 696 g/mol. The third kappa shape index (κ3) is 8.86. The average Bonchev–Trinajstić information content (AvgIpc) is 3.08. The summed E-state index contributed by atoms with van der Waals surface area (Å²) >= 11 is 0. The van der Waals surface area contributed by atoms with E-state index in [1.807, 2.05) is 49.1 Å². The Bertz CT molecular complexity index is 1490. The first-order chi connectivity index (χ1) is 21.4. The monoisotopic (exact) mass is 732 g/mol. The van der Waals surface area contributed by atoms with Gasteiger partial charge in [-0.25, -0.2) is 0 Å². The van der Waals surface area contributed by atoms with E-state index in [4.69, 9.17) is 0 Å². The number of hydrogen-bond acceptors (Lipinski definition) is 4. The van der Waals surface area contributed by atoms with Gasteiger partial charge in [-0.2, -0.15) is 0 Å². The Morgan fingerprint density at radius 2 is 0.674 bits per heavy atom. The van der Waals surface area contributed by atoms with Crippen LogP contribution in [-0.2, 0) is 44.2 Å². The zero-order valence-corrected chi connectivity index (χ0v) is 30.3. The summed E-state index contributed by atoms with van der Waals surface area (Å²) in [4.78, 5) is 18.6. The van der Waals surface area contributed by atoms with Crippen molar-refractivity contribution in [2.24, 2.45) is 0 Å². The summed E-state index contributed by atoms with van der Waals surface area (Å²) < 4.78 is 0. The summed E-state index contributed by atoms with van der Waals surface area (Å²) in [6.07, 6.45) is 7.52. The molecular formula is C38H38Cu2N4Si2. The molecule has 0 aliphatic carbocycles. The fourth-order valence-electron chi connectivity index (χ4n) is 5.61. The molecule has 4 radical (unpaired) electrons. The molecule has 4 heterocycles. The van der Waals surface area contributed by atoms with E-state index in [9.17, 15) is 0 Å². The van der Waals surface area contributed by atoms with Gasteiger partial charge in [-0.15, -0.1) is 0 Å². The van der Waals surface area contributed by atoms with Crippen molar-refractivity contribution in [2.75, 3.05) is 0 Å². The van der Waals surface area contributed by atoms with Gasteiger partial charge in [0.1, 0.15) is 0 Å². The van der Waals surface area contributed by atoms with Crippen LogP contribution >= 0.6 is 0 Å². The zero-order chi connectivity index (χ0) is 30.8. The van der Waals surface area contributed by atoms with Gasteiger partial charge in [0.25, 0.3) is 0 Å². The number of aromatic nitrogens is 4. The van der Waals surface area contributed by atoms with Gasteiger partial charge in [-0.05, 0) is 48.5 Å². The Kier molecular flexibility index (Phi) is 14.0. The minimum Gasteiger partial charge on any atom is -0.266 e. The first-order valence-electron chi connectivity index (χ1n) is 14.9. The fraction of sp³-hybridized carbons (Fsp3) is 0.158. The van der Waals surface area contributed by atoms with Crippen LogP contribution in [0.4, 0.5) is 0 Å². The van der Waals surface area contributed by atoms with Crippen molar-refractivity contribution in [3.63, 3.8) is 0 Å². The predicted octanol–water partition coefficient (Wildman–Crippen LogP) is 5.20. The van der Waals surface area contributed by atoms with E-state index in [-0.39, 0.29) is 44.2 Å². The van der Waals surface area contributed by atoms with E-state index in [1.54, 1.807) is 0 Å². The van der Waals surface area contributed by atoms with E-state index in [0.717, 1.165) is 11.4 Å². The van der Waals surface area contributed by atoms with Crippen molar-refractivity contribution in [3.05, 3.63) is 170 Å². The molecule has 46 heavy (non-hydrogen) atoms. The first kappa shape index (κ1) is 37.0. The maximum absolute atomic E-state index is 4.66. The molecule has 0 saturated carbocycles. The molecule has 8 heteroatoms. The summed E-state index contributed by atoms with van der Waals surface area (Å²) in [6.45, 7) is 9.13. The van der Waals surface area contributed by atoms with Gasteiger partial charge in [0, 0.05) is 91.0 Å². The number of hydrogen-bond donors (Lipinski definition) is 0. The van der Waals surface area contributed by atoms with Crippen LogP contribution in [0.15, 0.2) is 158 Å². The number of rotatable bonds is 8. The molecule has 6 aromatic rings. The van der Waals surface area contributed by atoms with Gasteiger partial charge in [0.2, 0.25) is 0 Å². The Labute approximate surface area is 298 Å². The molecule has 0 spiro atoms. The van der Waals surface area contributed by atoms with Gasteiger partial charge >= 0.3 is 0 Å². The van der Waals surface area contributed by atoms with E-state index in [0.29, 0.717) is 0 Å². The van der Waals surface area contributed by atoms with E-state index < -0.39 is 17.6 Å². The molecule has 0 aliphatic heterocycles. The van der Waals surface area contributed by atoms with Crippen LogP contribution in [0.25, 0.3) is 0 Å². The van der Waals surface area contributed by atoms with Crippen LogP contribution < -0.4 is 21.0 Å². The maximum Gasteiger partial charge on any atom is 0.157 e. The molecule has 0 unspecified atom stereocenters. The van der Waals surface area contributed by atoms with Crippen LogP contribution in [0.3, 0.4) is 0 Å². The van der Waals surface area contributed by atoms with Crippen LogP contribution in [0.2, 0.25) is 0 Å².